The van der Waals surface area contributed by atoms with Crippen molar-refractivity contribution in [1.82, 2.24) is 10.2 Å². The summed E-state index contributed by atoms with van der Waals surface area (Å²) in [4.78, 5) is 12.4. The molecule has 1 atom stereocenters. The average Bonchev–Trinajstić information content (AvgIpc) is 2.41. The van der Waals surface area contributed by atoms with Gasteiger partial charge in [0.2, 0.25) is 0 Å². The number of carboxylic acid groups (broad SMARTS) is 1. The first kappa shape index (κ1) is 13.7. The normalized spacial score (nSPS) is 19.2. The van der Waals surface area contributed by atoms with E-state index in [0.29, 0.717) is 13.1 Å². The van der Waals surface area contributed by atoms with Gasteiger partial charge in [-0.2, -0.15) is 0 Å². The van der Waals surface area contributed by atoms with Gasteiger partial charge in [-0.3, -0.25) is 0 Å². The highest BCUT2D eigenvalue weighted by Gasteiger charge is 2.21. The summed E-state index contributed by atoms with van der Waals surface area (Å²) in [5.41, 5.74) is 2.37. The molecule has 0 spiro atoms. The molecule has 5 heteroatoms. The molecule has 0 unspecified atom stereocenters. The minimum absolute atomic E-state index is 0.237. The second-order valence-electron chi connectivity index (χ2n) is 4.91. The van der Waals surface area contributed by atoms with Crippen LogP contribution in [0.2, 0.25) is 0 Å². The topological polar surface area (TPSA) is 64.6 Å². The SMILES string of the molecule is Cc1ccccc1NCC[C@@H]1CN(C(=O)O)CCN1. The lowest BCUT2D eigenvalue weighted by atomic mass is 10.1. The smallest absolute Gasteiger partial charge is 0.407 e. The molecule has 5 nitrogen and oxygen atoms in total. The number of hydrogen-bond donors (Lipinski definition) is 3. The molecule has 1 aromatic rings. The fourth-order valence-corrected chi connectivity index (χ4v) is 2.34. The van der Waals surface area contributed by atoms with Crippen molar-refractivity contribution in [2.45, 2.75) is 19.4 Å². The van der Waals surface area contributed by atoms with Crippen LogP contribution in [0.1, 0.15) is 12.0 Å². The largest absolute Gasteiger partial charge is 0.465 e. The lowest BCUT2D eigenvalue weighted by Crippen LogP contribution is -2.52. The van der Waals surface area contributed by atoms with Crippen LogP contribution >= 0.6 is 0 Å². The predicted molar refractivity (Wildman–Crippen MR) is 75.7 cm³/mol. The average molecular weight is 263 g/mol. The zero-order chi connectivity index (χ0) is 13.7. The standard InChI is InChI=1S/C14H21N3O2/c1-11-4-2-3-5-13(11)16-7-6-12-10-17(14(18)19)9-8-15-12/h2-5,12,15-16H,6-10H2,1H3,(H,18,19)/t12-/m1/s1. The molecule has 3 N–H and O–H groups in total. The molecular formula is C14H21N3O2. The molecule has 104 valence electrons. The zero-order valence-corrected chi connectivity index (χ0v) is 11.2. The van der Waals surface area contributed by atoms with E-state index in [2.05, 4.69) is 29.7 Å². The summed E-state index contributed by atoms with van der Waals surface area (Å²) in [6, 6.07) is 8.41. The maximum absolute atomic E-state index is 10.9. The monoisotopic (exact) mass is 263 g/mol. The fraction of sp³-hybridized carbons (Fsp3) is 0.500. The Balaban J connectivity index is 1.77. The number of carbonyl (C=O) groups is 1. The van der Waals surface area contributed by atoms with Crippen LogP contribution < -0.4 is 10.6 Å². The van der Waals surface area contributed by atoms with Gasteiger partial charge in [0.25, 0.3) is 0 Å². The van der Waals surface area contributed by atoms with E-state index in [0.717, 1.165) is 25.2 Å². The summed E-state index contributed by atoms with van der Waals surface area (Å²) in [5, 5.41) is 15.7. The van der Waals surface area contributed by atoms with Gasteiger partial charge in [-0.15, -0.1) is 0 Å². The summed E-state index contributed by atoms with van der Waals surface area (Å²) >= 11 is 0. The van der Waals surface area contributed by atoms with Gasteiger partial charge in [0.05, 0.1) is 0 Å². The number of para-hydroxylation sites is 1. The number of hydrogen-bond acceptors (Lipinski definition) is 3. The number of amides is 1. The number of rotatable bonds is 4. The number of piperazine rings is 1. The third kappa shape index (κ3) is 3.86. The van der Waals surface area contributed by atoms with Crippen molar-refractivity contribution >= 4 is 11.8 Å². The quantitative estimate of drug-likeness (QED) is 0.774. The van der Waals surface area contributed by atoms with E-state index in [4.69, 9.17) is 5.11 Å². The van der Waals surface area contributed by atoms with Crippen LogP contribution in [-0.2, 0) is 0 Å². The highest BCUT2D eigenvalue weighted by molar-refractivity contribution is 5.65. The zero-order valence-electron chi connectivity index (χ0n) is 11.2. The van der Waals surface area contributed by atoms with Gasteiger partial charge < -0.3 is 20.6 Å². The fourth-order valence-electron chi connectivity index (χ4n) is 2.34. The van der Waals surface area contributed by atoms with Gasteiger partial charge in [0, 0.05) is 37.9 Å². The molecular weight excluding hydrogens is 242 g/mol. The molecule has 1 aliphatic heterocycles. The maximum Gasteiger partial charge on any atom is 0.407 e. The molecule has 1 aliphatic rings. The van der Waals surface area contributed by atoms with Gasteiger partial charge >= 0.3 is 6.09 Å². The third-order valence-corrected chi connectivity index (χ3v) is 3.48. The van der Waals surface area contributed by atoms with Crippen LogP contribution in [0.4, 0.5) is 10.5 Å². The van der Waals surface area contributed by atoms with Crippen molar-refractivity contribution in [2.24, 2.45) is 0 Å². The van der Waals surface area contributed by atoms with E-state index in [1.54, 1.807) is 0 Å². The van der Waals surface area contributed by atoms with Crippen molar-refractivity contribution in [2.75, 3.05) is 31.5 Å². The van der Waals surface area contributed by atoms with Gasteiger partial charge in [0.15, 0.2) is 0 Å². The Morgan fingerprint density at radius 2 is 2.32 bits per heavy atom. The van der Waals surface area contributed by atoms with E-state index in [1.165, 1.54) is 10.5 Å². The molecule has 1 saturated heterocycles. The van der Waals surface area contributed by atoms with Gasteiger partial charge in [-0.1, -0.05) is 18.2 Å². The molecule has 0 aromatic heterocycles. The van der Waals surface area contributed by atoms with Crippen LogP contribution in [0.15, 0.2) is 24.3 Å². The summed E-state index contributed by atoms with van der Waals surface area (Å²) in [5.74, 6) is 0. The summed E-state index contributed by atoms with van der Waals surface area (Å²) in [6.07, 6.45) is 0.0938. The van der Waals surface area contributed by atoms with Crippen LogP contribution in [0.5, 0.6) is 0 Å². The Morgan fingerprint density at radius 3 is 3.05 bits per heavy atom. The Bertz CT molecular complexity index is 436. The molecule has 0 bridgehead atoms. The van der Waals surface area contributed by atoms with Crippen molar-refractivity contribution in [3.63, 3.8) is 0 Å². The molecule has 2 rings (SSSR count). The second kappa shape index (κ2) is 6.43. The van der Waals surface area contributed by atoms with Gasteiger partial charge in [-0.05, 0) is 25.0 Å². The van der Waals surface area contributed by atoms with Gasteiger partial charge in [0.1, 0.15) is 0 Å². The van der Waals surface area contributed by atoms with Crippen LogP contribution in [0.25, 0.3) is 0 Å². The van der Waals surface area contributed by atoms with Crippen LogP contribution in [-0.4, -0.2) is 48.3 Å². The first-order valence-electron chi connectivity index (χ1n) is 6.67. The van der Waals surface area contributed by atoms with Crippen molar-refractivity contribution < 1.29 is 9.90 Å². The molecule has 1 amide bonds. The number of nitrogens with one attached hydrogen (secondary N) is 2. The Labute approximate surface area is 113 Å². The minimum Gasteiger partial charge on any atom is -0.465 e. The molecule has 0 saturated carbocycles. The highest BCUT2D eigenvalue weighted by atomic mass is 16.4. The molecule has 19 heavy (non-hydrogen) atoms. The second-order valence-corrected chi connectivity index (χ2v) is 4.91. The first-order valence-corrected chi connectivity index (χ1v) is 6.67. The lowest BCUT2D eigenvalue weighted by Gasteiger charge is -2.32. The third-order valence-electron chi connectivity index (χ3n) is 3.48. The van der Waals surface area contributed by atoms with Crippen LogP contribution in [0, 0.1) is 6.92 Å². The van der Waals surface area contributed by atoms with E-state index in [-0.39, 0.29) is 6.04 Å². The van der Waals surface area contributed by atoms with E-state index in [9.17, 15) is 4.79 Å². The number of anilines is 1. The highest BCUT2D eigenvalue weighted by Crippen LogP contribution is 2.13. The first-order chi connectivity index (χ1) is 9.16. The molecule has 1 heterocycles. The number of benzene rings is 1. The van der Waals surface area contributed by atoms with Crippen molar-refractivity contribution in [3.8, 4) is 0 Å². The van der Waals surface area contributed by atoms with E-state index < -0.39 is 6.09 Å². The Morgan fingerprint density at radius 1 is 1.53 bits per heavy atom. The van der Waals surface area contributed by atoms with Crippen LogP contribution in [0.3, 0.4) is 0 Å². The minimum atomic E-state index is -0.821. The lowest BCUT2D eigenvalue weighted by molar-refractivity contribution is 0.128. The molecule has 0 radical (unpaired) electrons. The molecule has 0 aliphatic carbocycles. The summed E-state index contributed by atoms with van der Waals surface area (Å²) in [6.45, 7) is 4.81. The summed E-state index contributed by atoms with van der Waals surface area (Å²) < 4.78 is 0. The summed E-state index contributed by atoms with van der Waals surface area (Å²) in [7, 11) is 0. The van der Waals surface area contributed by atoms with Gasteiger partial charge in [-0.25, -0.2) is 4.79 Å². The Hall–Kier alpha value is -1.75. The molecule has 1 aromatic carbocycles. The van der Waals surface area contributed by atoms with E-state index in [1.807, 2.05) is 12.1 Å². The Kier molecular flexibility index (Phi) is 4.63. The predicted octanol–water partition coefficient (Wildman–Crippen LogP) is 1.75. The number of aryl methyl sites for hydroxylation is 1. The molecule has 1 fully saturated rings. The van der Waals surface area contributed by atoms with E-state index >= 15 is 0 Å². The maximum atomic E-state index is 10.9. The number of nitrogens with zero attached hydrogens (tertiary/aromatic N) is 1. The van der Waals surface area contributed by atoms with Crippen molar-refractivity contribution in [3.05, 3.63) is 29.8 Å². The van der Waals surface area contributed by atoms with Crippen molar-refractivity contribution in [1.29, 1.82) is 0 Å².